The van der Waals surface area contributed by atoms with Gasteiger partial charge in [0.05, 0.1) is 17.0 Å². The van der Waals surface area contributed by atoms with Crippen LogP contribution in [0.5, 0.6) is 0 Å². The number of ketones is 1. The Morgan fingerprint density at radius 3 is 2.32 bits per heavy atom. The SMILES string of the molecule is Cc1cc(C(=O)COC(=O)c2ccc(N3CCCS3(=O)=O)cc2)c(C)n1CC(F)(F)F. The first kappa shape index (κ1) is 22.9. The Labute approximate surface area is 177 Å². The molecule has 0 bridgehead atoms. The van der Waals surface area contributed by atoms with Crippen LogP contribution in [-0.4, -0.2) is 49.8 Å². The average molecular weight is 458 g/mol. The van der Waals surface area contributed by atoms with Crippen molar-refractivity contribution in [2.45, 2.75) is 33.0 Å². The van der Waals surface area contributed by atoms with Crippen LogP contribution in [0.4, 0.5) is 18.9 Å². The molecule has 0 unspecified atom stereocenters. The van der Waals surface area contributed by atoms with Crippen LogP contribution >= 0.6 is 0 Å². The number of anilines is 1. The fourth-order valence-electron chi connectivity index (χ4n) is 3.49. The summed E-state index contributed by atoms with van der Waals surface area (Å²) in [5.41, 5.74) is 1.03. The molecule has 31 heavy (non-hydrogen) atoms. The molecular weight excluding hydrogens is 437 g/mol. The lowest BCUT2D eigenvalue weighted by atomic mass is 10.1. The molecule has 7 nitrogen and oxygen atoms in total. The zero-order valence-electron chi connectivity index (χ0n) is 16.9. The molecule has 1 aromatic heterocycles. The molecule has 168 valence electrons. The van der Waals surface area contributed by atoms with Gasteiger partial charge in [0.25, 0.3) is 0 Å². The minimum Gasteiger partial charge on any atom is -0.454 e. The molecule has 11 heteroatoms. The number of carbonyl (C=O) groups is 2. The molecule has 0 aliphatic carbocycles. The van der Waals surface area contributed by atoms with Crippen molar-refractivity contribution in [2.24, 2.45) is 0 Å². The minimum absolute atomic E-state index is 0.0594. The predicted molar refractivity (Wildman–Crippen MR) is 107 cm³/mol. The van der Waals surface area contributed by atoms with E-state index in [1.165, 1.54) is 48.5 Å². The minimum atomic E-state index is -4.43. The van der Waals surface area contributed by atoms with Crippen molar-refractivity contribution in [3.8, 4) is 0 Å². The van der Waals surface area contributed by atoms with Crippen LogP contribution in [0.3, 0.4) is 0 Å². The van der Waals surface area contributed by atoms with Crippen molar-refractivity contribution < 1.29 is 35.9 Å². The number of benzene rings is 1. The number of sulfonamides is 1. The van der Waals surface area contributed by atoms with Crippen LogP contribution in [0, 0.1) is 13.8 Å². The van der Waals surface area contributed by atoms with Gasteiger partial charge in [-0.25, -0.2) is 13.2 Å². The van der Waals surface area contributed by atoms with Crippen molar-refractivity contribution in [3.05, 3.63) is 52.8 Å². The molecule has 2 heterocycles. The van der Waals surface area contributed by atoms with Gasteiger partial charge < -0.3 is 9.30 Å². The Morgan fingerprint density at radius 1 is 1.13 bits per heavy atom. The van der Waals surface area contributed by atoms with Crippen LogP contribution in [0.1, 0.15) is 38.5 Å². The Hall–Kier alpha value is -2.82. The maximum atomic E-state index is 12.7. The number of ether oxygens (including phenoxy) is 1. The number of esters is 1. The maximum absolute atomic E-state index is 12.7. The number of hydrogen-bond acceptors (Lipinski definition) is 5. The summed E-state index contributed by atoms with van der Waals surface area (Å²) < 4.78 is 69.3. The zero-order chi connectivity index (χ0) is 23.0. The third-order valence-electron chi connectivity index (χ3n) is 5.04. The number of aromatic nitrogens is 1. The summed E-state index contributed by atoms with van der Waals surface area (Å²) in [5, 5.41) is 0. The van der Waals surface area contributed by atoms with Gasteiger partial charge in [0.1, 0.15) is 6.54 Å². The van der Waals surface area contributed by atoms with Crippen molar-refractivity contribution >= 4 is 27.5 Å². The van der Waals surface area contributed by atoms with E-state index in [0.717, 1.165) is 4.57 Å². The lowest BCUT2D eigenvalue weighted by Crippen LogP contribution is -2.25. The summed E-state index contributed by atoms with van der Waals surface area (Å²) >= 11 is 0. The number of rotatable bonds is 6. The second-order valence-corrected chi connectivity index (χ2v) is 9.29. The average Bonchev–Trinajstić information content (AvgIpc) is 3.18. The van der Waals surface area contributed by atoms with Gasteiger partial charge in [0.2, 0.25) is 15.8 Å². The molecule has 0 spiro atoms. The summed E-state index contributed by atoms with van der Waals surface area (Å²) in [6.07, 6.45) is -3.90. The normalized spacial score (nSPS) is 15.8. The van der Waals surface area contributed by atoms with Gasteiger partial charge in [0, 0.05) is 23.5 Å². The number of aryl methyl sites for hydroxylation is 1. The lowest BCUT2D eigenvalue weighted by Gasteiger charge is -2.16. The molecule has 0 N–H and O–H groups in total. The molecule has 0 radical (unpaired) electrons. The first-order valence-electron chi connectivity index (χ1n) is 9.43. The van der Waals surface area contributed by atoms with Crippen LogP contribution in [0.25, 0.3) is 0 Å². The van der Waals surface area contributed by atoms with Gasteiger partial charge >= 0.3 is 12.1 Å². The van der Waals surface area contributed by atoms with Crippen LogP contribution in [0.2, 0.25) is 0 Å². The fourth-order valence-corrected chi connectivity index (χ4v) is 5.06. The van der Waals surface area contributed by atoms with Gasteiger partial charge in [-0.1, -0.05) is 0 Å². The maximum Gasteiger partial charge on any atom is 0.406 e. The highest BCUT2D eigenvalue weighted by atomic mass is 32.2. The standard InChI is InChI=1S/C20H21F3N2O5S/c1-13-10-17(14(2)24(13)12-20(21,22)23)18(26)11-30-19(27)15-4-6-16(7-5-15)25-8-3-9-31(25,28)29/h4-7,10H,3,8-9,11-12H2,1-2H3. The molecule has 1 fully saturated rings. The van der Waals surface area contributed by atoms with E-state index in [-0.39, 0.29) is 28.3 Å². The predicted octanol–water partition coefficient (Wildman–Crippen LogP) is 3.25. The third-order valence-corrected chi connectivity index (χ3v) is 6.91. The first-order valence-corrected chi connectivity index (χ1v) is 11.0. The molecular formula is C20H21F3N2O5S. The summed E-state index contributed by atoms with van der Waals surface area (Å²) in [7, 11) is -3.34. The van der Waals surface area contributed by atoms with Crippen molar-refractivity contribution in [1.82, 2.24) is 4.57 Å². The third kappa shape index (κ3) is 5.09. The van der Waals surface area contributed by atoms with E-state index >= 15 is 0 Å². The monoisotopic (exact) mass is 458 g/mol. The Balaban J connectivity index is 1.65. The van der Waals surface area contributed by atoms with Crippen molar-refractivity contribution in [2.75, 3.05) is 23.2 Å². The molecule has 3 rings (SSSR count). The Morgan fingerprint density at radius 2 is 1.77 bits per heavy atom. The van der Waals surface area contributed by atoms with Gasteiger partial charge in [-0.2, -0.15) is 13.2 Å². The van der Waals surface area contributed by atoms with Crippen molar-refractivity contribution in [1.29, 1.82) is 0 Å². The van der Waals surface area contributed by atoms with E-state index in [1.807, 2.05) is 0 Å². The quantitative estimate of drug-likeness (QED) is 0.490. The number of nitrogens with zero attached hydrogens (tertiary/aromatic N) is 2. The number of halogens is 3. The van der Waals surface area contributed by atoms with Gasteiger partial charge in [-0.3, -0.25) is 9.10 Å². The zero-order valence-corrected chi connectivity index (χ0v) is 17.7. The largest absolute Gasteiger partial charge is 0.454 e. The number of carbonyl (C=O) groups excluding carboxylic acids is 2. The summed E-state index contributed by atoms with van der Waals surface area (Å²) in [5.74, 6) is -1.34. The molecule has 1 aliphatic heterocycles. The number of hydrogen-bond donors (Lipinski definition) is 0. The number of Topliss-reactive ketones (excluding diaryl/α,β-unsaturated/α-hetero) is 1. The molecule has 0 saturated carbocycles. The van der Waals surface area contributed by atoms with Crippen molar-refractivity contribution in [3.63, 3.8) is 0 Å². The Bertz CT molecular complexity index is 1110. The molecule has 0 amide bonds. The van der Waals surface area contributed by atoms with E-state index in [4.69, 9.17) is 4.74 Å². The highest BCUT2D eigenvalue weighted by molar-refractivity contribution is 7.93. The summed E-state index contributed by atoms with van der Waals surface area (Å²) in [6.45, 7) is 1.39. The van der Waals surface area contributed by atoms with E-state index in [2.05, 4.69) is 0 Å². The fraction of sp³-hybridized carbons (Fsp3) is 0.400. The second kappa shape index (κ2) is 8.37. The highest BCUT2D eigenvalue weighted by Gasteiger charge is 2.31. The Kier molecular flexibility index (Phi) is 6.17. The van der Waals surface area contributed by atoms with E-state index in [9.17, 15) is 31.2 Å². The van der Waals surface area contributed by atoms with Gasteiger partial charge in [-0.15, -0.1) is 0 Å². The molecule has 1 aliphatic rings. The summed E-state index contributed by atoms with van der Waals surface area (Å²) in [4.78, 5) is 24.6. The first-order chi connectivity index (χ1) is 14.4. The number of alkyl halides is 3. The van der Waals surface area contributed by atoms with E-state index < -0.39 is 41.1 Å². The van der Waals surface area contributed by atoms with Crippen LogP contribution < -0.4 is 4.31 Å². The molecule has 2 aromatic rings. The smallest absolute Gasteiger partial charge is 0.406 e. The molecule has 0 atom stereocenters. The van der Waals surface area contributed by atoms with Gasteiger partial charge in [-0.05, 0) is 50.6 Å². The van der Waals surface area contributed by atoms with Crippen LogP contribution in [-0.2, 0) is 21.3 Å². The van der Waals surface area contributed by atoms with E-state index in [0.29, 0.717) is 18.7 Å². The van der Waals surface area contributed by atoms with Crippen LogP contribution in [0.15, 0.2) is 30.3 Å². The molecule has 1 aromatic carbocycles. The van der Waals surface area contributed by atoms with E-state index in [1.54, 1.807) is 0 Å². The highest BCUT2D eigenvalue weighted by Crippen LogP contribution is 2.25. The van der Waals surface area contributed by atoms with Gasteiger partial charge in [0.15, 0.2) is 6.61 Å². The molecule has 1 saturated heterocycles. The second-order valence-electron chi connectivity index (χ2n) is 7.27. The lowest BCUT2D eigenvalue weighted by molar-refractivity contribution is -0.141. The summed E-state index contributed by atoms with van der Waals surface area (Å²) in [6, 6.07) is 7.08. The topological polar surface area (TPSA) is 85.7 Å².